The lowest BCUT2D eigenvalue weighted by Gasteiger charge is -2.34. The molecule has 1 saturated heterocycles. The lowest BCUT2D eigenvalue weighted by atomic mass is 9.79. The van der Waals surface area contributed by atoms with Crippen LogP contribution in [0.1, 0.15) is 11.1 Å². The normalized spacial score (nSPS) is 15.9. The van der Waals surface area contributed by atoms with Gasteiger partial charge in [-0.1, -0.05) is 6.07 Å². The first kappa shape index (κ1) is 22.5. The molecule has 2 aromatic carbocycles. The van der Waals surface area contributed by atoms with Crippen LogP contribution >= 0.6 is 0 Å². The van der Waals surface area contributed by atoms with Crippen molar-refractivity contribution >= 4 is 41.4 Å². The summed E-state index contributed by atoms with van der Waals surface area (Å²) < 4.78 is 11.0. The number of ether oxygens (including phenoxy) is 1. The van der Waals surface area contributed by atoms with E-state index in [4.69, 9.17) is 9.39 Å². The molecule has 0 radical (unpaired) electrons. The maximum atomic E-state index is 10.00. The smallest absolute Gasteiger partial charge is 0.491 e. The lowest BCUT2D eigenvalue weighted by molar-refractivity contribution is 0.275. The summed E-state index contributed by atoms with van der Waals surface area (Å²) in [7, 11) is 2.93. The zero-order valence-electron chi connectivity index (χ0n) is 19.7. The molecule has 34 heavy (non-hydrogen) atoms. The van der Waals surface area contributed by atoms with Gasteiger partial charge in [-0.2, -0.15) is 4.98 Å². The molecule has 0 aliphatic carbocycles. The molecule has 10 heteroatoms. The number of anilines is 5. The summed E-state index contributed by atoms with van der Waals surface area (Å²) in [6.07, 6.45) is 1.77. The summed E-state index contributed by atoms with van der Waals surface area (Å²) in [6, 6.07) is 12.0. The van der Waals surface area contributed by atoms with E-state index in [1.807, 2.05) is 31.2 Å². The van der Waals surface area contributed by atoms with Crippen LogP contribution in [0.4, 0.5) is 28.8 Å². The summed E-state index contributed by atoms with van der Waals surface area (Å²) in [5.41, 5.74) is 5.44. The van der Waals surface area contributed by atoms with Crippen LogP contribution in [-0.4, -0.2) is 67.3 Å². The van der Waals surface area contributed by atoms with Gasteiger partial charge >= 0.3 is 7.12 Å². The molecule has 3 aromatic rings. The minimum Gasteiger partial charge on any atom is -0.494 e. The van der Waals surface area contributed by atoms with E-state index < -0.39 is 7.12 Å². The number of aromatic nitrogens is 2. The number of hydrogen-bond acceptors (Lipinski definition) is 9. The van der Waals surface area contributed by atoms with E-state index in [-0.39, 0.29) is 0 Å². The molecule has 0 amide bonds. The van der Waals surface area contributed by atoms with Gasteiger partial charge in [0.15, 0.2) is 0 Å². The van der Waals surface area contributed by atoms with Gasteiger partial charge in [0.25, 0.3) is 0 Å². The van der Waals surface area contributed by atoms with Gasteiger partial charge < -0.3 is 34.8 Å². The van der Waals surface area contributed by atoms with Crippen LogP contribution in [-0.2, 0) is 11.3 Å². The summed E-state index contributed by atoms with van der Waals surface area (Å²) in [4.78, 5) is 13.8. The average Bonchev–Trinajstić information content (AvgIpc) is 3.22. The Hall–Kier alpha value is -3.34. The molecule has 2 aliphatic heterocycles. The standard InChI is InChI=1S/C24H29BN6O3/c1-16-14-26-24(29-23(16)27-18-5-4-17-15-34-25(32)20(17)12-18)28-21-7-6-19(13-22(21)33-3)31-10-8-30(2)9-11-31/h4-7,12-14,32H,8-11,15H2,1-3H3,(H2,26,27,28,29). The Labute approximate surface area is 199 Å². The van der Waals surface area contributed by atoms with E-state index in [0.717, 1.165) is 65.6 Å². The Morgan fingerprint density at radius 2 is 1.91 bits per heavy atom. The Balaban J connectivity index is 1.34. The third kappa shape index (κ3) is 4.65. The van der Waals surface area contributed by atoms with Crippen LogP contribution in [0, 0.1) is 6.92 Å². The number of hydrogen-bond donors (Lipinski definition) is 3. The monoisotopic (exact) mass is 460 g/mol. The number of benzene rings is 2. The van der Waals surface area contributed by atoms with Crippen LogP contribution in [0.25, 0.3) is 0 Å². The highest BCUT2D eigenvalue weighted by Gasteiger charge is 2.27. The highest BCUT2D eigenvalue weighted by atomic mass is 16.5. The van der Waals surface area contributed by atoms with Crippen molar-refractivity contribution in [2.24, 2.45) is 0 Å². The Morgan fingerprint density at radius 3 is 2.71 bits per heavy atom. The minimum absolute atomic E-state index is 0.423. The maximum absolute atomic E-state index is 10.00. The molecule has 9 nitrogen and oxygen atoms in total. The summed E-state index contributed by atoms with van der Waals surface area (Å²) in [5, 5.41) is 16.6. The van der Waals surface area contributed by atoms with Crippen molar-refractivity contribution in [3.63, 3.8) is 0 Å². The SMILES string of the molecule is COc1cc(N2CCN(C)CC2)ccc1Nc1ncc(C)c(Nc2ccc3c(c2)B(O)OC3)n1. The highest BCUT2D eigenvalue weighted by molar-refractivity contribution is 6.61. The molecular formula is C24H29BN6O3. The third-order valence-electron chi connectivity index (χ3n) is 6.34. The van der Waals surface area contributed by atoms with Gasteiger partial charge in [0, 0.05) is 55.4 Å². The maximum Gasteiger partial charge on any atom is 0.491 e. The van der Waals surface area contributed by atoms with Gasteiger partial charge in [0.05, 0.1) is 19.4 Å². The van der Waals surface area contributed by atoms with Crippen LogP contribution in [0.5, 0.6) is 5.75 Å². The van der Waals surface area contributed by atoms with Crippen molar-refractivity contribution in [3.8, 4) is 5.75 Å². The van der Waals surface area contributed by atoms with Gasteiger partial charge in [-0.05, 0) is 49.3 Å². The number of rotatable bonds is 6. The molecule has 3 heterocycles. The molecule has 0 saturated carbocycles. The number of piperazine rings is 1. The molecule has 176 valence electrons. The highest BCUT2D eigenvalue weighted by Crippen LogP contribution is 2.32. The van der Waals surface area contributed by atoms with Gasteiger partial charge in [-0.25, -0.2) is 4.98 Å². The Bertz CT molecular complexity index is 1190. The molecule has 3 N–H and O–H groups in total. The first-order chi connectivity index (χ1) is 16.5. The topological polar surface area (TPSA) is 95.0 Å². The molecule has 0 atom stereocenters. The fraction of sp³-hybridized carbons (Fsp3) is 0.333. The number of likely N-dealkylation sites (N-methyl/N-ethyl adjacent to an activating group) is 1. The van der Waals surface area contributed by atoms with Gasteiger partial charge in [0.1, 0.15) is 11.6 Å². The molecular weight excluding hydrogens is 431 g/mol. The van der Waals surface area contributed by atoms with E-state index in [1.165, 1.54) is 0 Å². The second-order valence-electron chi connectivity index (χ2n) is 8.73. The van der Waals surface area contributed by atoms with Crippen molar-refractivity contribution in [3.05, 3.63) is 53.7 Å². The van der Waals surface area contributed by atoms with E-state index in [0.29, 0.717) is 18.4 Å². The molecule has 0 spiro atoms. The number of nitrogens with zero attached hydrogens (tertiary/aromatic N) is 4. The van der Waals surface area contributed by atoms with E-state index in [1.54, 1.807) is 13.3 Å². The molecule has 1 fully saturated rings. The van der Waals surface area contributed by atoms with Gasteiger partial charge in [-0.15, -0.1) is 0 Å². The van der Waals surface area contributed by atoms with E-state index in [9.17, 15) is 5.02 Å². The number of aryl methyl sites for hydroxylation is 1. The van der Waals surface area contributed by atoms with Crippen molar-refractivity contribution < 1.29 is 14.4 Å². The van der Waals surface area contributed by atoms with Crippen LogP contribution in [0.3, 0.4) is 0 Å². The first-order valence-electron chi connectivity index (χ1n) is 11.4. The van der Waals surface area contributed by atoms with Crippen molar-refractivity contribution in [2.45, 2.75) is 13.5 Å². The fourth-order valence-corrected chi connectivity index (χ4v) is 4.22. The van der Waals surface area contributed by atoms with Crippen molar-refractivity contribution in [1.82, 2.24) is 14.9 Å². The number of methoxy groups -OCH3 is 1. The fourth-order valence-electron chi connectivity index (χ4n) is 4.22. The van der Waals surface area contributed by atoms with Crippen LogP contribution in [0.15, 0.2) is 42.6 Å². The summed E-state index contributed by atoms with van der Waals surface area (Å²) in [6.45, 7) is 6.45. The zero-order chi connectivity index (χ0) is 23.7. The van der Waals surface area contributed by atoms with Gasteiger partial charge in [0.2, 0.25) is 5.95 Å². The quantitative estimate of drug-likeness (QED) is 0.479. The Morgan fingerprint density at radius 1 is 1.09 bits per heavy atom. The predicted molar refractivity (Wildman–Crippen MR) is 135 cm³/mol. The third-order valence-corrected chi connectivity index (χ3v) is 6.34. The molecule has 0 unspecified atom stereocenters. The Kier molecular flexibility index (Phi) is 6.27. The largest absolute Gasteiger partial charge is 0.494 e. The minimum atomic E-state index is -0.887. The predicted octanol–water partition coefficient (Wildman–Crippen LogP) is 2.25. The lowest BCUT2D eigenvalue weighted by Crippen LogP contribution is -2.44. The second-order valence-corrected chi connectivity index (χ2v) is 8.73. The second kappa shape index (κ2) is 9.50. The average molecular weight is 460 g/mol. The number of nitrogens with one attached hydrogen (secondary N) is 2. The van der Waals surface area contributed by atoms with E-state index in [2.05, 4.69) is 49.6 Å². The molecule has 2 aliphatic rings. The molecule has 1 aromatic heterocycles. The van der Waals surface area contributed by atoms with Crippen molar-refractivity contribution in [1.29, 1.82) is 0 Å². The molecule has 5 rings (SSSR count). The van der Waals surface area contributed by atoms with Gasteiger partial charge in [-0.3, -0.25) is 0 Å². The van der Waals surface area contributed by atoms with Crippen molar-refractivity contribution in [2.75, 3.05) is 55.9 Å². The number of fused-ring (bicyclic) bond motifs is 1. The van der Waals surface area contributed by atoms with E-state index >= 15 is 0 Å². The summed E-state index contributed by atoms with van der Waals surface area (Å²) >= 11 is 0. The van der Waals surface area contributed by atoms with Crippen LogP contribution in [0.2, 0.25) is 0 Å². The zero-order valence-corrected chi connectivity index (χ0v) is 19.7. The summed E-state index contributed by atoms with van der Waals surface area (Å²) in [5.74, 6) is 1.88. The molecule has 0 bridgehead atoms. The van der Waals surface area contributed by atoms with Crippen LogP contribution < -0.4 is 25.7 Å². The first-order valence-corrected chi connectivity index (χ1v) is 11.4.